The molecule has 0 aliphatic rings. The molecule has 5 nitrogen and oxygen atoms in total. The maximum atomic E-state index is 12.6. The Bertz CT molecular complexity index is 1110. The fourth-order valence-corrected chi connectivity index (χ4v) is 9.57. The van der Waals surface area contributed by atoms with Crippen molar-refractivity contribution in [1.82, 2.24) is 5.32 Å². The molecule has 0 saturated heterocycles. The number of carbonyl (C=O) groups is 1. The number of hydrogen-bond acceptors (Lipinski definition) is 4. The number of aliphatic hydroxyl groups excluding tert-OH is 3. The van der Waals surface area contributed by atoms with Crippen LogP contribution in [0.5, 0.6) is 0 Å². The molecule has 0 aromatic heterocycles. The summed E-state index contributed by atoms with van der Waals surface area (Å²) in [5.41, 5.74) is 0. The van der Waals surface area contributed by atoms with Crippen LogP contribution in [0.3, 0.4) is 0 Å². The molecule has 0 radical (unpaired) electrons. The molecule has 69 heavy (non-hydrogen) atoms. The van der Waals surface area contributed by atoms with Crippen molar-refractivity contribution in [1.29, 1.82) is 0 Å². The van der Waals surface area contributed by atoms with Crippen LogP contribution < -0.4 is 5.32 Å². The second kappa shape index (κ2) is 58.9. The van der Waals surface area contributed by atoms with Crippen LogP contribution in [0, 0.1) is 0 Å². The lowest BCUT2D eigenvalue weighted by Crippen LogP contribution is -2.48. The van der Waals surface area contributed by atoms with Crippen molar-refractivity contribution < 1.29 is 20.1 Å². The van der Waals surface area contributed by atoms with Crippen LogP contribution in [-0.2, 0) is 4.79 Å². The fourth-order valence-electron chi connectivity index (χ4n) is 9.57. The smallest absolute Gasteiger partial charge is 0.249 e. The molecule has 0 bridgehead atoms. The molecule has 4 N–H and O–H groups in total. The van der Waals surface area contributed by atoms with Gasteiger partial charge in [0.15, 0.2) is 0 Å². The van der Waals surface area contributed by atoms with Gasteiger partial charge in [-0.2, -0.15) is 0 Å². The summed E-state index contributed by atoms with van der Waals surface area (Å²) in [4.78, 5) is 12.6. The molecule has 0 aromatic rings. The minimum Gasteiger partial charge on any atom is -0.394 e. The van der Waals surface area contributed by atoms with Gasteiger partial charge in [0, 0.05) is 0 Å². The van der Waals surface area contributed by atoms with Gasteiger partial charge < -0.3 is 20.6 Å². The normalized spacial score (nSPS) is 13.5. The Kier molecular flexibility index (Phi) is 57.4. The van der Waals surface area contributed by atoms with Crippen LogP contribution >= 0.6 is 0 Å². The number of amides is 1. The molecule has 5 heteroatoms. The molecule has 0 rings (SSSR count). The molecule has 0 heterocycles. The summed E-state index contributed by atoms with van der Waals surface area (Å²) < 4.78 is 0. The number of rotatable bonds is 57. The van der Waals surface area contributed by atoms with Gasteiger partial charge in [0.1, 0.15) is 6.10 Å². The number of hydrogen-bond donors (Lipinski definition) is 4. The molecule has 3 unspecified atom stereocenters. The predicted molar refractivity (Wildman–Crippen MR) is 305 cm³/mol. The maximum absolute atomic E-state index is 12.6. The molecule has 0 fully saturated rings. The topological polar surface area (TPSA) is 89.8 Å². The average Bonchev–Trinajstić information content (AvgIpc) is 3.35. The second-order valence-corrected chi connectivity index (χ2v) is 21.2. The van der Waals surface area contributed by atoms with Crippen molar-refractivity contribution in [3.63, 3.8) is 0 Å². The van der Waals surface area contributed by atoms with Crippen LogP contribution in [0.15, 0.2) is 48.6 Å². The lowest BCUT2D eigenvalue weighted by atomic mass is 10.0. The highest BCUT2D eigenvalue weighted by molar-refractivity contribution is 5.80. The van der Waals surface area contributed by atoms with Crippen molar-refractivity contribution >= 4 is 5.91 Å². The highest BCUT2D eigenvalue weighted by atomic mass is 16.3. The first-order valence-corrected chi connectivity index (χ1v) is 31.0. The van der Waals surface area contributed by atoms with Crippen LogP contribution in [0.4, 0.5) is 0 Å². The van der Waals surface area contributed by atoms with Gasteiger partial charge in [-0.25, -0.2) is 0 Å². The molecular weight excluding hydrogens is 847 g/mol. The van der Waals surface area contributed by atoms with Gasteiger partial charge in [-0.05, 0) is 70.6 Å². The van der Waals surface area contributed by atoms with Gasteiger partial charge in [-0.1, -0.05) is 306 Å². The largest absolute Gasteiger partial charge is 0.394 e. The van der Waals surface area contributed by atoms with Gasteiger partial charge in [0.05, 0.1) is 18.8 Å². The van der Waals surface area contributed by atoms with E-state index in [1.165, 1.54) is 263 Å². The van der Waals surface area contributed by atoms with Crippen molar-refractivity contribution in [2.45, 2.75) is 347 Å². The summed E-state index contributed by atoms with van der Waals surface area (Å²) >= 11 is 0. The zero-order chi connectivity index (χ0) is 50.0. The zero-order valence-electron chi connectivity index (χ0n) is 46.5. The summed E-state index contributed by atoms with van der Waals surface area (Å²) in [6, 6.07) is -0.823. The van der Waals surface area contributed by atoms with Crippen molar-refractivity contribution in [2.24, 2.45) is 0 Å². The summed E-state index contributed by atoms with van der Waals surface area (Å²) in [7, 11) is 0. The molecule has 0 aliphatic carbocycles. The molecule has 0 aliphatic heterocycles. The number of unbranched alkanes of at least 4 members (excludes halogenated alkanes) is 43. The van der Waals surface area contributed by atoms with E-state index in [0.29, 0.717) is 6.42 Å². The lowest BCUT2D eigenvalue weighted by molar-refractivity contribution is -0.131. The number of carbonyl (C=O) groups excluding carboxylic acids is 1. The Morgan fingerprint density at radius 3 is 0.884 bits per heavy atom. The first-order valence-electron chi connectivity index (χ1n) is 31.0. The van der Waals surface area contributed by atoms with E-state index in [2.05, 4.69) is 55.6 Å². The van der Waals surface area contributed by atoms with Gasteiger partial charge in [0.2, 0.25) is 5.91 Å². The molecular formula is C64H121NO4. The summed E-state index contributed by atoms with van der Waals surface area (Å²) in [5, 5.41) is 33.4. The third-order valence-electron chi connectivity index (χ3n) is 14.4. The van der Waals surface area contributed by atoms with Crippen molar-refractivity contribution in [3.8, 4) is 0 Å². The van der Waals surface area contributed by atoms with E-state index >= 15 is 0 Å². The van der Waals surface area contributed by atoms with Gasteiger partial charge in [-0.3, -0.25) is 4.79 Å². The Morgan fingerprint density at radius 2 is 0.594 bits per heavy atom. The monoisotopic (exact) mass is 968 g/mol. The van der Waals surface area contributed by atoms with Crippen LogP contribution in [0.25, 0.3) is 0 Å². The predicted octanol–water partition coefficient (Wildman–Crippen LogP) is 19.6. The summed E-state index contributed by atoms with van der Waals surface area (Å²) in [6.07, 6.45) is 79.3. The lowest BCUT2D eigenvalue weighted by Gasteiger charge is -2.21. The maximum Gasteiger partial charge on any atom is 0.249 e. The Balaban J connectivity index is 3.57. The summed E-state index contributed by atoms with van der Waals surface area (Å²) in [5.74, 6) is -0.513. The second-order valence-electron chi connectivity index (χ2n) is 21.2. The van der Waals surface area contributed by atoms with E-state index in [9.17, 15) is 20.1 Å². The Labute approximate surface area is 431 Å². The zero-order valence-corrected chi connectivity index (χ0v) is 46.5. The van der Waals surface area contributed by atoms with E-state index in [1.807, 2.05) is 6.08 Å². The minimum atomic E-state index is -1.11. The number of aliphatic hydroxyl groups is 3. The van der Waals surface area contributed by atoms with Gasteiger partial charge in [0.25, 0.3) is 0 Å². The number of nitrogens with one attached hydrogen (secondary N) is 1. The third kappa shape index (κ3) is 53.9. The highest BCUT2D eigenvalue weighted by Crippen LogP contribution is 2.17. The van der Waals surface area contributed by atoms with Crippen LogP contribution in [0.1, 0.15) is 328 Å². The quantitative estimate of drug-likeness (QED) is 0.0361. The number of allylic oxidation sites excluding steroid dienone is 7. The molecule has 0 spiro atoms. The SMILES string of the molecule is CCCCCCCCCCCCCC/C=C\CCCCCCCCCCCCCCCCCCC(O)C(=O)NC(CO)C(O)/C=C/CC/C=C/CC/C=C/CCCCCCCCCCCCCCC. The van der Waals surface area contributed by atoms with Crippen LogP contribution in [0.2, 0.25) is 0 Å². The highest BCUT2D eigenvalue weighted by Gasteiger charge is 2.22. The molecule has 0 saturated carbocycles. The van der Waals surface area contributed by atoms with E-state index < -0.39 is 24.2 Å². The Hall–Kier alpha value is -1.69. The fraction of sp³-hybridized carbons (Fsp3) is 0.859. The first-order chi connectivity index (χ1) is 34.1. The molecule has 406 valence electrons. The van der Waals surface area contributed by atoms with Gasteiger partial charge in [-0.15, -0.1) is 0 Å². The molecule has 1 amide bonds. The third-order valence-corrected chi connectivity index (χ3v) is 14.4. The Morgan fingerprint density at radius 1 is 0.348 bits per heavy atom. The first kappa shape index (κ1) is 67.3. The minimum absolute atomic E-state index is 0.380. The molecule has 0 aromatic carbocycles. The van der Waals surface area contributed by atoms with E-state index in [1.54, 1.807) is 6.08 Å². The van der Waals surface area contributed by atoms with Crippen molar-refractivity contribution in [2.75, 3.05) is 6.61 Å². The van der Waals surface area contributed by atoms with Crippen LogP contribution in [-0.4, -0.2) is 46.1 Å². The van der Waals surface area contributed by atoms with E-state index in [0.717, 1.165) is 44.9 Å². The average molecular weight is 969 g/mol. The van der Waals surface area contributed by atoms with Crippen molar-refractivity contribution in [3.05, 3.63) is 48.6 Å². The van der Waals surface area contributed by atoms with Gasteiger partial charge >= 0.3 is 0 Å². The van der Waals surface area contributed by atoms with E-state index in [4.69, 9.17) is 0 Å². The van der Waals surface area contributed by atoms with E-state index in [-0.39, 0.29) is 6.61 Å². The molecule has 3 atom stereocenters. The summed E-state index contributed by atoms with van der Waals surface area (Å²) in [6.45, 7) is 4.20. The standard InChI is InChI=1S/C64H121NO4/c1-3-5-7-9-11-13-15-17-19-21-23-25-27-28-29-30-31-32-33-34-35-37-39-41-43-45-47-49-51-53-55-57-59-63(68)64(69)65-61(60-66)62(67)58-56-54-52-50-48-46-44-42-40-38-36-26-24-22-20-18-16-14-12-10-8-6-4-2/h28-29,40,42,48,50,56,58,61-63,66-68H,3-27,30-39,41,43-47,49,51-55,57,59-60H2,1-2H3,(H,65,69)/b29-28-,42-40+,50-48+,58-56+.